The summed E-state index contributed by atoms with van der Waals surface area (Å²) in [6.07, 6.45) is 4.07. The Labute approximate surface area is 75.7 Å². The topological polar surface area (TPSA) is 15.6 Å². The van der Waals surface area contributed by atoms with Crippen LogP contribution < -0.4 is 0 Å². The predicted molar refractivity (Wildman–Crippen MR) is 53.7 cm³/mol. The molecule has 1 aliphatic rings. The van der Waals surface area contributed by atoms with Crippen molar-refractivity contribution < 1.29 is 0 Å². The minimum Gasteiger partial charge on any atom is -0.361 e. The number of hydrogen-bond acceptors (Lipinski definition) is 1. The largest absolute Gasteiger partial charge is 0.361 e. The van der Waals surface area contributed by atoms with E-state index in [9.17, 15) is 0 Å². The van der Waals surface area contributed by atoms with E-state index in [-0.39, 0.29) is 0 Å². The first-order valence-electron chi connectivity index (χ1n) is 4.99. The molecule has 0 unspecified atom stereocenters. The Morgan fingerprint density at radius 1 is 1.17 bits per heavy atom. The number of piperidine rings is 1. The monoisotopic (exact) mass is 168 g/mol. The Kier molecular flexibility index (Phi) is 3.57. The molecule has 0 aromatic heterocycles. The summed E-state index contributed by atoms with van der Waals surface area (Å²) >= 11 is 0. The fourth-order valence-electron chi connectivity index (χ4n) is 1.67. The second-order valence-corrected chi connectivity index (χ2v) is 3.82. The standard InChI is InChI=1S/C10H20N2/c1-9(2)11-10(3)12-7-5-4-6-8-12/h9H,4-8H2,1-3H3/b11-10-. The molecule has 1 aliphatic heterocycles. The fourth-order valence-corrected chi connectivity index (χ4v) is 1.67. The van der Waals surface area contributed by atoms with Crippen LogP contribution in [0.1, 0.15) is 40.0 Å². The van der Waals surface area contributed by atoms with Crippen molar-refractivity contribution >= 4 is 5.84 Å². The van der Waals surface area contributed by atoms with E-state index < -0.39 is 0 Å². The van der Waals surface area contributed by atoms with Crippen LogP contribution in [-0.2, 0) is 0 Å². The van der Waals surface area contributed by atoms with Gasteiger partial charge in [0, 0.05) is 19.1 Å². The first kappa shape index (κ1) is 9.56. The average Bonchev–Trinajstić information content (AvgIpc) is 2.05. The summed E-state index contributed by atoms with van der Waals surface area (Å²) in [6, 6.07) is 0.437. The zero-order valence-electron chi connectivity index (χ0n) is 8.51. The van der Waals surface area contributed by atoms with Crippen LogP contribution >= 0.6 is 0 Å². The molecule has 1 saturated heterocycles. The van der Waals surface area contributed by atoms with Crippen molar-refractivity contribution in [3.05, 3.63) is 0 Å². The third-order valence-electron chi connectivity index (χ3n) is 2.26. The molecule has 0 atom stereocenters. The quantitative estimate of drug-likeness (QED) is 0.433. The summed E-state index contributed by atoms with van der Waals surface area (Å²) in [4.78, 5) is 6.95. The number of amidine groups is 1. The molecule has 0 bridgehead atoms. The lowest BCUT2D eigenvalue weighted by atomic mass is 10.1. The molecule has 0 radical (unpaired) electrons. The highest BCUT2D eigenvalue weighted by Crippen LogP contribution is 2.09. The molecule has 0 N–H and O–H groups in total. The van der Waals surface area contributed by atoms with Crippen molar-refractivity contribution in [1.29, 1.82) is 0 Å². The lowest BCUT2D eigenvalue weighted by Crippen LogP contribution is -2.34. The first-order chi connectivity index (χ1) is 5.70. The molecule has 0 aromatic carbocycles. The molecule has 0 spiro atoms. The number of rotatable bonds is 1. The Bertz CT molecular complexity index is 155. The summed E-state index contributed by atoms with van der Waals surface area (Å²) in [5.74, 6) is 1.23. The van der Waals surface area contributed by atoms with Crippen LogP contribution in [0.2, 0.25) is 0 Å². The van der Waals surface area contributed by atoms with Gasteiger partial charge >= 0.3 is 0 Å². The Balaban J connectivity index is 2.44. The van der Waals surface area contributed by atoms with E-state index in [4.69, 9.17) is 0 Å². The molecule has 2 nitrogen and oxygen atoms in total. The third-order valence-corrected chi connectivity index (χ3v) is 2.26. The molecule has 2 heteroatoms. The van der Waals surface area contributed by atoms with Crippen molar-refractivity contribution in [3.8, 4) is 0 Å². The van der Waals surface area contributed by atoms with Crippen LogP contribution in [0.25, 0.3) is 0 Å². The van der Waals surface area contributed by atoms with Crippen molar-refractivity contribution in [2.45, 2.75) is 46.1 Å². The molecule has 1 rings (SSSR count). The Morgan fingerprint density at radius 3 is 2.25 bits per heavy atom. The molecule has 0 aliphatic carbocycles. The molecule has 70 valence electrons. The molecule has 12 heavy (non-hydrogen) atoms. The van der Waals surface area contributed by atoms with Gasteiger partial charge < -0.3 is 4.90 Å². The van der Waals surface area contributed by atoms with Gasteiger partial charge in [0.15, 0.2) is 0 Å². The van der Waals surface area contributed by atoms with E-state index in [2.05, 4.69) is 30.7 Å². The maximum Gasteiger partial charge on any atom is 0.0960 e. The maximum atomic E-state index is 4.54. The molecule has 0 saturated carbocycles. The van der Waals surface area contributed by atoms with Crippen LogP contribution in [0, 0.1) is 0 Å². The second kappa shape index (κ2) is 4.48. The van der Waals surface area contributed by atoms with E-state index in [1.54, 1.807) is 0 Å². The summed E-state index contributed by atoms with van der Waals surface area (Å²) < 4.78 is 0. The lowest BCUT2D eigenvalue weighted by Gasteiger charge is -2.28. The van der Waals surface area contributed by atoms with Gasteiger partial charge in [0.2, 0.25) is 0 Å². The molecule has 1 heterocycles. The summed E-state index contributed by atoms with van der Waals surface area (Å²) in [5.41, 5.74) is 0. The van der Waals surface area contributed by atoms with Crippen LogP contribution in [0.15, 0.2) is 4.99 Å². The molecular weight excluding hydrogens is 148 g/mol. The van der Waals surface area contributed by atoms with E-state index in [0.717, 1.165) is 0 Å². The number of aliphatic imine (C=N–C) groups is 1. The fraction of sp³-hybridized carbons (Fsp3) is 0.900. The van der Waals surface area contributed by atoms with Crippen LogP contribution in [-0.4, -0.2) is 29.9 Å². The van der Waals surface area contributed by atoms with Crippen LogP contribution in [0.3, 0.4) is 0 Å². The van der Waals surface area contributed by atoms with Crippen molar-refractivity contribution in [3.63, 3.8) is 0 Å². The molecule has 0 aromatic rings. The first-order valence-corrected chi connectivity index (χ1v) is 4.99. The number of nitrogens with zero attached hydrogens (tertiary/aromatic N) is 2. The molecule has 0 amide bonds. The second-order valence-electron chi connectivity index (χ2n) is 3.82. The van der Waals surface area contributed by atoms with Crippen molar-refractivity contribution in [2.24, 2.45) is 4.99 Å². The van der Waals surface area contributed by atoms with Gasteiger partial charge in [-0.05, 0) is 40.0 Å². The zero-order chi connectivity index (χ0) is 8.97. The highest BCUT2D eigenvalue weighted by atomic mass is 15.2. The van der Waals surface area contributed by atoms with Gasteiger partial charge in [-0.15, -0.1) is 0 Å². The maximum absolute atomic E-state index is 4.54. The molecular formula is C10H20N2. The number of hydrogen-bond donors (Lipinski definition) is 0. The van der Waals surface area contributed by atoms with Crippen LogP contribution in [0.5, 0.6) is 0 Å². The Morgan fingerprint density at radius 2 is 1.75 bits per heavy atom. The van der Waals surface area contributed by atoms with E-state index >= 15 is 0 Å². The highest BCUT2D eigenvalue weighted by molar-refractivity contribution is 5.79. The van der Waals surface area contributed by atoms with Crippen molar-refractivity contribution in [2.75, 3.05) is 13.1 Å². The Hall–Kier alpha value is -0.530. The van der Waals surface area contributed by atoms with E-state index in [0.29, 0.717) is 6.04 Å². The minimum absolute atomic E-state index is 0.437. The normalized spacial score (nSPS) is 20.3. The van der Waals surface area contributed by atoms with Crippen LogP contribution in [0.4, 0.5) is 0 Å². The van der Waals surface area contributed by atoms with E-state index in [1.165, 1.54) is 38.2 Å². The van der Waals surface area contributed by atoms with Gasteiger partial charge in [-0.1, -0.05) is 0 Å². The predicted octanol–water partition coefficient (Wildman–Crippen LogP) is 2.30. The number of likely N-dealkylation sites (tertiary alicyclic amines) is 1. The van der Waals surface area contributed by atoms with Gasteiger partial charge in [-0.25, -0.2) is 0 Å². The molecule has 1 fully saturated rings. The SMILES string of the molecule is C/C(=N/C(C)C)N1CCCCC1. The lowest BCUT2D eigenvalue weighted by molar-refractivity contribution is 0.339. The van der Waals surface area contributed by atoms with Gasteiger partial charge in [-0.3, -0.25) is 4.99 Å². The van der Waals surface area contributed by atoms with Gasteiger partial charge in [0.1, 0.15) is 0 Å². The zero-order valence-corrected chi connectivity index (χ0v) is 8.51. The summed E-state index contributed by atoms with van der Waals surface area (Å²) in [7, 11) is 0. The van der Waals surface area contributed by atoms with Gasteiger partial charge in [-0.2, -0.15) is 0 Å². The minimum atomic E-state index is 0.437. The summed E-state index contributed by atoms with van der Waals surface area (Å²) in [5, 5.41) is 0. The third kappa shape index (κ3) is 2.84. The van der Waals surface area contributed by atoms with Gasteiger partial charge in [0.05, 0.1) is 5.84 Å². The van der Waals surface area contributed by atoms with Gasteiger partial charge in [0.25, 0.3) is 0 Å². The average molecular weight is 168 g/mol. The highest BCUT2D eigenvalue weighted by Gasteiger charge is 2.10. The smallest absolute Gasteiger partial charge is 0.0960 e. The van der Waals surface area contributed by atoms with Crippen molar-refractivity contribution in [1.82, 2.24) is 4.90 Å². The van der Waals surface area contributed by atoms with E-state index in [1.807, 2.05) is 0 Å². The summed E-state index contributed by atoms with van der Waals surface area (Å²) in [6.45, 7) is 8.82.